The van der Waals surface area contributed by atoms with Gasteiger partial charge in [-0.3, -0.25) is 19.6 Å². The molecule has 0 bridgehead atoms. The van der Waals surface area contributed by atoms with Crippen molar-refractivity contribution in [3.63, 3.8) is 0 Å². The molecule has 0 saturated heterocycles. The lowest BCUT2D eigenvalue weighted by Gasteiger charge is -2.04. The Labute approximate surface area is 190 Å². The first-order chi connectivity index (χ1) is 14.2. The van der Waals surface area contributed by atoms with Crippen LogP contribution < -0.4 is 15.4 Å². The number of ether oxygens (including phenoxy) is 1. The molecule has 31 heavy (non-hydrogen) atoms. The number of hydrogen-bond donors (Lipinski definition) is 7. The Bertz CT molecular complexity index is 676. The Balaban J connectivity index is -0.000000385. The fourth-order valence-electron chi connectivity index (χ4n) is 1.04. The van der Waals surface area contributed by atoms with Crippen LogP contribution in [0.25, 0.3) is 0 Å². The van der Waals surface area contributed by atoms with Crippen molar-refractivity contribution in [3.8, 4) is 5.75 Å². The summed E-state index contributed by atoms with van der Waals surface area (Å²) >= 11 is 11.3. The second-order valence-corrected chi connectivity index (χ2v) is 8.11. The van der Waals surface area contributed by atoms with Crippen LogP contribution in [-0.2, 0) is 14.2 Å². The lowest BCUT2D eigenvalue weighted by molar-refractivity contribution is -0.139. The van der Waals surface area contributed by atoms with Gasteiger partial charge in [0.2, 0.25) is 0 Å². The van der Waals surface area contributed by atoms with Gasteiger partial charge in [-0.25, -0.2) is 4.79 Å². The lowest BCUT2D eigenvalue weighted by atomic mass is 10.3. The Morgan fingerprint density at radius 3 is 1.94 bits per heavy atom. The molecule has 0 heterocycles. The van der Waals surface area contributed by atoms with E-state index in [1.54, 1.807) is 25.1 Å². The third-order valence-electron chi connectivity index (χ3n) is 2.12. The van der Waals surface area contributed by atoms with Gasteiger partial charge in [0.1, 0.15) is 5.75 Å². The molecular formula is C16H30Cl2N3O9P. The second-order valence-electron chi connectivity index (χ2n) is 5.62. The monoisotopic (exact) mass is 509 g/mol. The molecule has 0 spiro atoms. The Morgan fingerprint density at radius 1 is 1.13 bits per heavy atom. The van der Waals surface area contributed by atoms with Crippen LogP contribution in [0.2, 0.25) is 10.0 Å². The molecule has 0 radical (unpaired) electrons. The minimum Gasteiger partial charge on any atom is -0.480 e. The molecule has 15 heteroatoms. The number of carbonyl (C=O) groups is 2. The van der Waals surface area contributed by atoms with E-state index in [-0.39, 0.29) is 6.73 Å². The van der Waals surface area contributed by atoms with Crippen LogP contribution in [0.4, 0.5) is 0 Å². The zero-order valence-electron chi connectivity index (χ0n) is 17.6. The van der Waals surface area contributed by atoms with Crippen molar-refractivity contribution in [2.75, 3.05) is 54.4 Å². The maximum atomic E-state index is 10.2. The third kappa shape index (κ3) is 30.8. The molecular weight excluding hydrogens is 480 g/mol. The molecule has 0 atom stereocenters. The Hall–Kier alpha value is -1.47. The number of benzene rings is 1. The van der Waals surface area contributed by atoms with Gasteiger partial charge in [-0.1, -0.05) is 23.2 Å². The number of hydrogen-bond acceptors (Lipinski definition) is 8. The van der Waals surface area contributed by atoms with Gasteiger partial charge < -0.3 is 35.2 Å². The van der Waals surface area contributed by atoms with Crippen LogP contribution in [0.3, 0.4) is 0 Å². The van der Waals surface area contributed by atoms with E-state index in [2.05, 4.69) is 10.6 Å². The van der Waals surface area contributed by atoms with Crippen LogP contribution in [0, 0.1) is 0 Å². The van der Waals surface area contributed by atoms with Crippen LogP contribution in [-0.4, -0.2) is 96.3 Å². The van der Waals surface area contributed by atoms with Gasteiger partial charge in [-0.2, -0.15) is 0 Å². The summed E-state index contributed by atoms with van der Waals surface area (Å²) in [6.45, 7) is -0.716. The maximum Gasteiger partial charge on any atom is 0.341 e. The minimum absolute atomic E-state index is 0.139. The van der Waals surface area contributed by atoms with Crippen molar-refractivity contribution in [1.29, 1.82) is 0 Å². The molecule has 12 nitrogen and oxygen atoms in total. The standard InChI is InChI=1S/C8H6Cl2O3.C3H8NO5P.C3H9NO.C2H7N/c9-5-1-2-7(6(10)3-5)13-4-8(11)12;5-3(6)1-4-2-10(7,8)9;1-4(2)3-5;1-3-2/h1-3H,4H2,(H,11,12);4H,1-2H2,(H,5,6)(H2,7,8,9);5H,3H2,1-2H3;3H,1-2H3. The molecule has 0 saturated carbocycles. The molecule has 0 aliphatic heterocycles. The van der Waals surface area contributed by atoms with Crippen LogP contribution in [0.1, 0.15) is 0 Å². The molecule has 1 aromatic carbocycles. The summed E-state index contributed by atoms with van der Waals surface area (Å²) in [4.78, 5) is 38.0. The number of halogens is 2. The number of aliphatic carboxylic acids is 2. The quantitative estimate of drug-likeness (QED) is 0.191. The number of aliphatic hydroxyl groups is 1. The molecule has 182 valence electrons. The average Bonchev–Trinajstić information content (AvgIpc) is 2.61. The van der Waals surface area contributed by atoms with Crippen molar-refractivity contribution in [3.05, 3.63) is 28.2 Å². The van der Waals surface area contributed by atoms with Gasteiger partial charge in [0.05, 0.1) is 24.6 Å². The van der Waals surface area contributed by atoms with Crippen molar-refractivity contribution in [1.82, 2.24) is 15.5 Å². The molecule has 0 amide bonds. The van der Waals surface area contributed by atoms with Gasteiger partial charge in [-0.15, -0.1) is 0 Å². The topological polar surface area (TPSA) is 189 Å². The lowest BCUT2D eigenvalue weighted by Crippen LogP contribution is -2.23. The molecule has 0 aliphatic carbocycles. The molecule has 0 aliphatic rings. The first kappa shape index (κ1) is 34.2. The highest BCUT2D eigenvalue weighted by Crippen LogP contribution is 2.31. The molecule has 1 rings (SSSR count). The largest absolute Gasteiger partial charge is 0.480 e. The normalized spacial score (nSPS) is 9.87. The van der Waals surface area contributed by atoms with Crippen LogP contribution >= 0.6 is 30.8 Å². The number of nitrogens with one attached hydrogen (secondary N) is 2. The first-order valence-corrected chi connectivity index (χ1v) is 10.9. The van der Waals surface area contributed by atoms with E-state index in [4.69, 9.17) is 53.0 Å². The molecule has 0 aromatic heterocycles. The summed E-state index contributed by atoms with van der Waals surface area (Å²) in [5, 5.41) is 30.0. The summed E-state index contributed by atoms with van der Waals surface area (Å²) in [5.74, 6) is -1.88. The van der Waals surface area contributed by atoms with Crippen LogP contribution in [0.15, 0.2) is 18.2 Å². The zero-order chi connectivity index (χ0) is 25.0. The maximum absolute atomic E-state index is 10.2. The van der Waals surface area contributed by atoms with Gasteiger partial charge in [-0.05, 0) is 46.4 Å². The number of aliphatic hydroxyl groups excluding tert-OH is 1. The van der Waals surface area contributed by atoms with Gasteiger partial charge >= 0.3 is 19.5 Å². The van der Waals surface area contributed by atoms with E-state index >= 15 is 0 Å². The predicted octanol–water partition coefficient (Wildman–Crippen LogP) is 0.586. The highest BCUT2D eigenvalue weighted by atomic mass is 35.5. The van der Waals surface area contributed by atoms with Crippen LogP contribution in [0.5, 0.6) is 5.75 Å². The highest BCUT2D eigenvalue weighted by molar-refractivity contribution is 7.51. The summed E-state index contributed by atoms with van der Waals surface area (Å²) in [6, 6.07) is 4.58. The van der Waals surface area contributed by atoms with Gasteiger partial charge in [0.15, 0.2) is 6.61 Å². The van der Waals surface area contributed by atoms with Crippen molar-refractivity contribution in [2.45, 2.75) is 0 Å². The van der Waals surface area contributed by atoms with E-state index in [0.717, 1.165) is 0 Å². The molecule has 0 fully saturated rings. The summed E-state index contributed by atoms with van der Waals surface area (Å²) < 4.78 is 14.9. The Morgan fingerprint density at radius 2 is 1.61 bits per heavy atom. The van der Waals surface area contributed by atoms with E-state index < -0.39 is 39.0 Å². The van der Waals surface area contributed by atoms with Gasteiger partial charge in [0, 0.05) is 5.02 Å². The predicted molar refractivity (Wildman–Crippen MR) is 118 cm³/mol. The second kappa shape index (κ2) is 20.4. The summed E-state index contributed by atoms with van der Waals surface area (Å²) in [7, 11) is 3.26. The van der Waals surface area contributed by atoms with E-state index in [1.165, 1.54) is 12.1 Å². The SMILES string of the molecule is CN(C)CO.CNC.O=C(O)CNCP(=O)(O)O.O=C(O)COc1ccc(Cl)cc1Cl. The number of rotatable bonds is 8. The first-order valence-electron chi connectivity index (χ1n) is 8.30. The Kier molecular flexibility index (Phi) is 22.5. The summed E-state index contributed by atoms with van der Waals surface area (Å²) in [6.07, 6.45) is -0.598. The number of carboxylic acid groups (broad SMARTS) is 2. The van der Waals surface area contributed by atoms with E-state index in [9.17, 15) is 14.2 Å². The highest BCUT2D eigenvalue weighted by Gasteiger charge is 2.11. The zero-order valence-corrected chi connectivity index (χ0v) is 20.0. The average molecular weight is 510 g/mol. The van der Waals surface area contributed by atoms with Gasteiger partial charge in [0.25, 0.3) is 0 Å². The van der Waals surface area contributed by atoms with Crippen molar-refractivity contribution >= 4 is 42.7 Å². The van der Waals surface area contributed by atoms with Crippen molar-refractivity contribution < 1.29 is 44.0 Å². The smallest absolute Gasteiger partial charge is 0.341 e. The number of nitrogens with zero attached hydrogens (tertiary/aromatic N) is 1. The van der Waals surface area contributed by atoms with E-state index in [1.807, 2.05) is 14.1 Å². The third-order valence-corrected chi connectivity index (χ3v) is 3.29. The fourth-order valence-corrected chi connectivity index (χ4v) is 1.91. The van der Waals surface area contributed by atoms with E-state index in [0.29, 0.717) is 15.8 Å². The molecule has 7 N–H and O–H groups in total. The number of carboxylic acids is 2. The molecule has 0 unspecified atom stereocenters. The van der Waals surface area contributed by atoms with Crippen molar-refractivity contribution in [2.24, 2.45) is 0 Å². The minimum atomic E-state index is -4.10. The summed E-state index contributed by atoms with van der Waals surface area (Å²) in [5.41, 5.74) is 0. The fraction of sp³-hybridized carbons (Fsp3) is 0.500. The molecule has 1 aromatic rings.